The standard InChI is InChI=1S/C5H12.C3H6O2/c1-3-5-4-2;1-2-3(4)5/h3-5H2,1-2H3;2H2,1H3,(H,4,5). The maximum Gasteiger partial charge on any atom is 0.303 e. The Kier molecular flexibility index (Phi) is 13.7. The van der Waals surface area contributed by atoms with Gasteiger partial charge in [-0.15, -0.1) is 0 Å². The summed E-state index contributed by atoms with van der Waals surface area (Å²) in [7, 11) is 0. The van der Waals surface area contributed by atoms with Crippen LogP contribution in [0.2, 0.25) is 0 Å². The fourth-order valence-corrected chi connectivity index (χ4v) is 0.354. The number of carbonyl (C=O) groups is 1. The predicted octanol–water partition coefficient (Wildman–Crippen LogP) is 2.68. The largest absolute Gasteiger partial charge is 0.481 e. The van der Waals surface area contributed by atoms with Crippen molar-refractivity contribution in [2.24, 2.45) is 0 Å². The van der Waals surface area contributed by atoms with Gasteiger partial charge in [0.05, 0.1) is 0 Å². The Labute approximate surface area is 63.3 Å². The maximum atomic E-state index is 9.37. The lowest BCUT2D eigenvalue weighted by atomic mass is 10.3. The summed E-state index contributed by atoms with van der Waals surface area (Å²) < 4.78 is 0. The molecular formula is C8H18O2. The van der Waals surface area contributed by atoms with Crippen LogP contribution in [0.4, 0.5) is 0 Å². The van der Waals surface area contributed by atoms with Gasteiger partial charge < -0.3 is 5.11 Å². The molecule has 0 saturated carbocycles. The van der Waals surface area contributed by atoms with Crippen LogP contribution >= 0.6 is 0 Å². The molecule has 2 heteroatoms. The Balaban J connectivity index is 0. The summed E-state index contributed by atoms with van der Waals surface area (Å²) in [6.45, 7) is 6.02. The highest BCUT2D eigenvalue weighted by atomic mass is 16.4. The van der Waals surface area contributed by atoms with Gasteiger partial charge in [-0.2, -0.15) is 0 Å². The molecule has 1 N–H and O–H groups in total. The van der Waals surface area contributed by atoms with Gasteiger partial charge >= 0.3 is 5.97 Å². The van der Waals surface area contributed by atoms with E-state index in [-0.39, 0.29) is 6.42 Å². The van der Waals surface area contributed by atoms with Gasteiger partial charge in [0, 0.05) is 6.42 Å². The zero-order chi connectivity index (χ0) is 8.41. The maximum absolute atomic E-state index is 9.37. The fourth-order valence-electron chi connectivity index (χ4n) is 0.354. The van der Waals surface area contributed by atoms with Gasteiger partial charge in [-0.3, -0.25) is 4.79 Å². The summed E-state index contributed by atoms with van der Waals surface area (Å²) >= 11 is 0. The quantitative estimate of drug-likeness (QED) is 0.664. The van der Waals surface area contributed by atoms with Crippen LogP contribution in [-0.4, -0.2) is 11.1 Å². The average molecular weight is 146 g/mol. The van der Waals surface area contributed by atoms with Crippen molar-refractivity contribution >= 4 is 5.97 Å². The first kappa shape index (κ1) is 12.2. The van der Waals surface area contributed by atoms with Crippen molar-refractivity contribution < 1.29 is 9.90 Å². The van der Waals surface area contributed by atoms with Crippen LogP contribution in [0.5, 0.6) is 0 Å². The highest BCUT2D eigenvalue weighted by molar-refractivity contribution is 5.66. The van der Waals surface area contributed by atoms with Crippen molar-refractivity contribution in [1.29, 1.82) is 0 Å². The number of rotatable bonds is 3. The second kappa shape index (κ2) is 11.3. The Morgan fingerprint density at radius 3 is 1.50 bits per heavy atom. The van der Waals surface area contributed by atoms with E-state index in [1.54, 1.807) is 6.92 Å². The Bertz CT molecular complexity index is 67.7. The molecule has 0 spiro atoms. The van der Waals surface area contributed by atoms with Gasteiger partial charge in [-0.25, -0.2) is 0 Å². The minimum absolute atomic E-state index is 0.222. The summed E-state index contributed by atoms with van der Waals surface area (Å²) in [6.07, 6.45) is 4.30. The second-order valence-electron chi connectivity index (χ2n) is 2.10. The van der Waals surface area contributed by atoms with E-state index in [2.05, 4.69) is 13.8 Å². The van der Waals surface area contributed by atoms with Crippen LogP contribution in [0.25, 0.3) is 0 Å². The SMILES string of the molecule is CCC(=O)O.CCCCC. The van der Waals surface area contributed by atoms with Crippen molar-refractivity contribution in [3.05, 3.63) is 0 Å². The summed E-state index contributed by atoms with van der Waals surface area (Å²) in [5.74, 6) is -0.745. The number of unbranched alkanes of at least 4 members (excludes halogenated alkanes) is 2. The van der Waals surface area contributed by atoms with E-state index in [1.807, 2.05) is 0 Å². The normalized spacial score (nSPS) is 7.90. The van der Waals surface area contributed by atoms with E-state index in [1.165, 1.54) is 19.3 Å². The zero-order valence-corrected chi connectivity index (χ0v) is 7.18. The van der Waals surface area contributed by atoms with Crippen molar-refractivity contribution in [2.75, 3.05) is 0 Å². The lowest BCUT2D eigenvalue weighted by Crippen LogP contribution is -1.86. The summed E-state index contributed by atoms with van der Waals surface area (Å²) in [6, 6.07) is 0. The molecule has 0 rings (SSSR count). The van der Waals surface area contributed by atoms with Crippen molar-refractivity contribution in [2.45, 2.75) is 46.5 Å². The number of carboxylic acid groups (broad SMARTS) is 1. The third-order valence-electron chi connectivity index (χ3n) is 1.01. The summed E-state index contributed by atoms with van der Waals surface area (Å²) in [4.78, 5) is 9.37. The Morgan fingerprint density at radius 1 is 1.20 bits per heavy atom. The van der Waals surface area contributed by atoms with Crippen LogP contribution < -0.4 is 0 Å². The molecule has 0 bridgehead atoms. The lowest BCUT2D eigenvalue weighted by molar-refractivity contribution is -0.136. The first-order valence-corrected chi connectivity index (χ1v) is 3.90. The topological polar surface area (TPSA) is 37.3 Å². The van der Waals surface area contributed by atoms with E-state index < -0.39 is 5.97 Å². The molecule has 0 saturated heterocycles. The van der Waals surface area contributed by atoms with Crippen LogP contribution in [0.1, 0.15) is 46.5 Å². The third-order valence-corrected chi connectivity index (χ3v) is 1.01. The molecule has 0 aromatic rings. The Morgan fingerprint density at radius 2 is 1.50 bits per heavy atom. The van der Waals surface area contributed by atoms with Gasteiger partial charge in [-0.05, 0) is 0 Å². The molecule has 0 aliphatic carbocycles. The molecule has 0 amide bonds. The minimum Gasteiger partial charge on any atom is -0.481 e. The highest BCUT2D eigenvalue weighted by Crippen LogP contribution is 1.88. The van der Waals surface area contributed by atoms with Crippen LogP contribution in [-0.2, 0) is 4.79 Å². The monoisotopic (exact) mass is 146 g/mol. The number of hydrogen-bond donors (Lipinski definition) is 1. The Hall–Kier alpha value is -0.530. The van der Waals surface area contributed by atoms with Gasteiger partial charge in [-0.1, -0.05) is 40.0 Å². The van der Waals surface area contributed by atoms with Gasteiger partial charge in [0.2, 0.25) is 0 Å². The third kappa shape index (κ3) is 26.0. The molecule has 0 heterocycles. The second-order valence-corrected chi connectivity index (χ2v) is 2.10. The molecule has 0 atom stereocenters. The summed E-state index contributed by atoms with van der Waals surface area (Å²) in [5, 5.41) is 7.72. The molecule has 0 aromatic heterocycles. The van der Waals surface area contributed by atoms with Crippen LogP contribution in [0.3, 0.4) is 0 Å². The molecule has 0 aliphatic rings. The highest BCUT2D eigenvalue weighted by Gasteiger charge is 1.80. The van der Waals surface area contributed by atoms with E-state index in [4.69, 9.17) is 5.11 Å². The smallest absolute Gasteiger partial charge is 0.303 e. The van der Waals surface area contributed by atoms with E-state index in [0.717, 1.165) is 0 Å². The molecule has 0 radical (unpaired) electrons. The van der Waals surface area contributed by atoms with Crippen LogP contribution in [0.15, 0.2) is 0 Å². The van der Waals surface area contributed by atoms with Gasteiger partial charge in [0.1, 0.15) is 0 Å². The van der Waals surface area contributed by atoms with Crippen molar-refractivity contribution in [3.63, 3.8) is 0 Å². The van der Waals surface area contributed by atoms with Crippen molar-refractivity contribution in [1.82, 2.24) is 0 Å². The van der Waals surface area contributed by atoms with E-state index in [9.17, 15) is 4.79 Å². The molecule has 10 heavy (non-hydrogen) atoms. The summed E-state index contributed by atoms with van der Waals surface area (Å²) in [5.41, 5.74) is 0. The van der Waals surface area contributed by atoms with Crippen LogP contribution in [0, 0.1) is 0 Å². The molecule has 62 valence electrons. The molecule has 0 aromatic carbocycles. The number of carboxylic acids is 1. The molecule has 0 unspecified atom stereocenters. The van der Waals surface area contributed by atoms with Gasteiger partial charge in [0.15, 0.2) is 0 Å². The van der Waals surface area contributed by atoms with Gasteiger partial charge in [0.25, 0.3) is 0 Å². The minimum atomic E-state index is -0.745. The zero-order valence-electron chi connectivity index (χ0n) is 7.18. The van der Waals surface area contributed by atoms with E-state index in [0.29, 0.717) is 0 Å². The molecule has 0 aliphatic heterocycles. The van der Waals surface area contributed by atoms with E-state index >= 15 is 0 Å². The molecule has 2 nitrogen and oxygen atoms in total. The predicted molar refractivity (Wildman–Crippen MR) is 43.1 cm³/mol. The molecule has 0 fully saturated rings. The number of aliphatic carboxylic acids is 1. The average Bonchev–Trinajstić information content (AvgIpc) is 1.91. The lowest BCUT2D eigenvalue weighted by Gasteiger charge is -1.79. The first-order valence-electron chi connectivity index (χ1n) is 3.90. The number of hydrogen-bond acceptors (Lipinski definition) is 1. The first-order chi connectivity index (χ1) is 4.68. The van der Waals surface area contributed by atoms with Crippen molar-refractivity contribution in [3.8, 4) is 0 Å². The molecular weight excluding hydrogens is 128 g/mol. The fraction of sp³-hybridized carbons (Fsp3) is 0.875.